The first-order valence-corrected chi connectivity index (χ1v) is 7.18. The van der Waals surface area contributed by atoms with Crippen molar-refractivity contribution < 1.29 is 9.53 Å². The number of rotatable bonds is 3. The molecule has 1 heterocycles. The summed E-state index contributed by atoms with van der Waals surface area (Å²) in [5, 5.41) is 6.28. The molecule has 2 rings (SSSR count). The number of ether oxygens (including phenoxy) is 1. The van der Waals surface area contributed by atoms with Gasteiger partial charge in [0.1, 0.15) is 5.60 Å². The van der Waals surface area contributed by atoms with Crippen LogP contribution >= 0.6 is 12.4 Å². The van der Waals surface area contributed by atoms with E-state index in [-0.39, 0.29) is 18.5 Å². The minimum Gasteiger partial charge on any atom is -0.444 e. The maximum atomic E-state index is 11.7. The van der Waals surface area contributed by atoms with Gasteiger partial charge in [0.25, 0.3) is 0 Å². The number of nitrogens with one attached hydrogen (secondary N) is 2. The van der Waals surface area contributed by atoms with E-state index < -0.39 is 5.60 Å². The summed E-state index contributed by atoms with van der Waals surface area (Å²) in [6, 6.07) is 10.5. The van der Waals surface area contributed by atoms with Crippen LogP contribution in [0.25, 0.3) is 0 Å². The van der Waals surface area contributed by atoms with Gasteiger partial charge in [-0.2, -0.15) is 0 Å². The van der Waals surface area contributed by atoms with Crippen molar-refractivity contribution in [1.29, 1.82) is 0 Å². The normalized spacial score (nSPS) is 21.5. The molecule has 0 aromatic heterocycles. The molecule has 4 nitrogen and oxygen atoms in total. The lowest BCUT2D eigenvalue weighted by Gasteiger charge is -2.22. The van der Waals surface area contributed by atoms with Gasteiger partial charge >= 0.3 is 6.09 Å². The fraction of sp³-hybridized carbons (Fsp3) is 0.562. The predicted molar refractivity (Wildman–Crippen MR) is 87.0 cm³/mol. The van der Waals surface area contributed by atoms with Crippen molar-refractivity contribution in [3.63, 3.8) is 0 Å². The van der Waals surface area contributed by atoms with Crippen molar-refractivity contribution in [2.75, 3.05) is 19.6 Å². The SMILES string of the molecule is CC(C)(C)OC(=O)NCC1CNCC1c1ccccc1.Cl. The second-order valence-corrected chi connectivity index (χ2v) is 6.32. The van der Waals surface area contributed by atoms with Gasteiger partial charge in [0.05, 0.1) is 0 Å². The van der Waals surface area contributed by atoms with Crippen molar-refractivity contribution in [1.82, 2.24) is 10.6 Å². The van der Waals surface area contributed by atoms with Crippen LogP contribution in [0.3, 0.4) is 0 Å². The van der Waals surface area contributed by atoms with Gasteiger partial charge in [-0.1, -0.05) is 30.3 Å². The molecule has 2 N–H and O–H groups in total. The first kappa shape index (κ1) is 17.8. The largest absolute Gasteiger partial charge is 0.444 e. The molecule has 0 spiro atoms. The minimum absolute atomic E-state index is 0. The molecular weight excluding hydrogens is 288 g/mol. The monoisotopic (exact) mass is 312 g/mol. The number of benzene rings is 1. The molecule has 1 aliphatic heterocycles. The van der Waals surface area contributed by atoms with Gasteiger partial charge in [-0.25, -0.2) is 4.79 Å². The summed E-state index contributed by atoms with van der Waals surface area (Å²) in [7, 11) is 0. The summed E-state index contributed by atoms with van der Waals surface area (Å²) in [5.41, 5.74) is 0.880. The lowest BCUT2D eigenvalue weighted by molar-refractivity contribution is 0.0519. The molecule has 2 unspecified atom stereocenters. The van der Waals surface area contributed by atoms with Crippen molar-refractivity contribution >= 4 is 18.5 Å². The van der Waals surface area contributed by atoms with Gasteiger partial charge in [0, 0.05) is 25.6 Å². The minimum atomic E-state index is -0.448. The molecule has 0 radical (unpaired) electrons. The summed E-state index contributed by atoms with van der Waals surface area (Å²) in [5.74, 6) is 0.857. The number of hydrogen-bond acceptors (Lipinski definition) is 3. The highest BCUT2D eigenvalue weighted by Crippen LogP contribution is 2.27. The van der Waals surface area contributed by atoms with Gasteiger partial charge < -0.3 is 15.4 Å². The Morgan fingerprint density at radius 1 is 1.29 bits per heavy atom. The Labute approximate surface area is 133 Å². The Morgan fingerprint density at radius 2 is 1.95 bits per heavy atom. The van der Waals surface area contributed by atoms with E-state index in [1.54, 1.807) is 0 Å². The van der Waals surface area contributed by atoms with Crippen molar-refractivity contribution in [3.05, 3.63) is 35.9 Å². The standard InChI is InChI=1S/C16H24N2O2.ClH/c1-16(2,3)20-15(19)18-10-13-9-17-11-14(13)12-7-5-4-6-8-12;/h4-8,13-14,17H,9-11H2,1-3H3,(H,18,19);1H. The van der Waals surface area contributed by atoms with Crippen LogP contribution in [0.4, 0.5) is 4.79 Å². The van der Waals surface area contributed by atoms with Crippen LogP contribution in [-0.2, 0) is 4.74 Å². The zero-order chi connectivity index (χ0) is 14.6. The van der Waals surface area contributed by atoms with Crippen LogP contribution in [0.15, 0.2) is 30.3 Å². The fourth-order valence-electron chi connectivity index (χ4n) is 2.57. The molecule has 1 aliphatic rings. The number of carbonyl (C=O) groups excluding carboxylic acids is 1. The molecule has 2 atom stereocenters. The average molecular weight is 313 g/mol. The van der Waals surface area contributed by atoms with Crippen LogP contribution in [0.2, 0.25) is 0 Å². The molecule has 1 aromatic rings. The van der Waals surface area contributed by atoms with E-state index in [2.05, 4.69) is 34.9 Å². The van der Waals surface area contributed by atoms with Gasteiger partial charge in [-0.05, 0) is 32.3 Å². The first-order chi connectivity index (χ1) is 9.46. The quantitative estimate of drug-likeness (QED) is 0.902. The fourth-order valence-corrected chi connectivity index (χ4v) is 2.57. The third-order valence-electron chi connectivity index (χ3n) is 3.48. The molecule has 1 fully saturated rings. The van der Waals surface area contributed by atoms with Crippen LogP contribution in [0, 0.1) is 5.92 Å². The highest BCUT2D eigenvalue weighted by molar-refractivity contribution is 5.85. The van der Waals surface area contributed by atoms with Crippen molar-refractivity contribution in [2.45, 2.75) is 32.3 Å². The van der Waals surface area contributed by atoms with Crippen molar-refractivity contribution in [2.24, 2.45) is 5.92 Å². The third-order valence-corrected chi connectivity index (χ3v) is 3.48. The van der Waals surface area contributed by atoms with Crippen LogP contribution in [-0.4, -0.2) is 31.3 Å². The number of hydrogen-bond donors (Lipinski definition) is 2. The van der Waals surface area contributed by atoms with E-state index in [1.165, 1.54) is 5.56 Å². The van der Waals surface area contributed by atoms with E-state index in [0.717, 1.165) is 13.1 Å². The van der Waals surface area contributed by atoms with E-state index in [0.29, 0.717) is 18.4 Å². The second kappa shape index (κ2) is 7.66. The lowest BCUT2D eigenvalue weighted by Crippen LogP contribution is -2.36. The average Bonchev–Trinajstić information content (AvgIpc) is 2.83. The van der Waals surface area contributed by atoms with E-state index >= 15 is 0 Å². The van der Waals surface area contributed by atoms with Gasteiger partial charge in [0.2, 0.25) is 0 Å². The van der Waals surface area contributed by atoms with Gasteiger partial charge in [-0.15, -0.1) is 12.4 Å². The van der Waals surface area contributed by atoms with Gasteiger partial charge in [0.15, 0.2) is 0 Å². The Kier molecular flexibility index (Phi) is 6.49. The first-order valence-electron chi connectivity index (χ1n) is 7.18. The number of halogens is 1. The summed E-state index contributed by atoms with van der Waals surface area (Å²) >= 11 is 0. The number of amides is 1. The topological polar surface area (TPSA) is 50.4 Å². The number of carbonyl (C=O) groups is 1. The highest BCUT2D eigenvalue weighted by Gasteiger charge is 2.29. The third kappa shape index (κ3) is 5.56. The number of alkyl carbamates (subject to hydrolysis) is 1. The summed E-state index contributed by atoms with van der Waals surface area (Å²) in [4.78, 5) is 11.7. The summed E-state index contributed by atoms with van der Waals surface area (Å²) in [6.07, 6.45) is -0.337. The smallest absolute Gasteiger partial charge is 0.407 e. The van der Waals surface area contributed by atoms with Crippen molar-refractivity contribution in [3.8, 4) is 0 Å². The molecule has 0 aliphatic carbocycles. The lowest BCUT2D eigenvalue weighted by atomic mass is 9.89. The molecule has 1 amide bonds. The maximum absolute atomic E-state index is 11.7. The Bertz CT molecular complexity index is 445. The van der Waals surface area contributed by atoms with E-state index in [9.17, 15) is 4.79 Å². The second-order valence-electron chi connectivity index (χ2n) is 6.32. The Balaban J connectivity index is 0.00000220. The molecule has 1 saturated heterocycles. The van der Waals surface area contributed by atoms with E-state index in [1.807, 2.05) is 26.8 Å². The molecular formula is C16H25ClN2O2. The zero-order valence-corrected chi connectivity index (χ0v) is 13.7. The Hall–Kier alpha value is -1.26. The predicted octanol–water partition coefficient (Wildman–Crippen LogP) is 2.94. The molecule has 5 heteroatoms. The van der Waals surface area contributed by atoms with E-state index in [4.69, 9.17) is 4.74 Å². The highest BCUT2D eigenvalue weighted by atomic mass is 35.5. The molecule has 0 bridgehead atoms. The summed E-state index contributed by atoms with van der Waals surface area (Å²) < 4.78 is 5.27. The van der Waals surface area contributed by atoms with Crippen LogP contribution in [0.1, 0.15) is 32.3 Å². The molecule has 21 heavy (non-hydrogen) atoms. The molecule has 0 saturated carbocycles. The van der Waals surface area contributed by atoms with Gasteiger partial charge in [-0.3, -0.25) is 0 Å². The summed E-state index contributed by atoms with van der Waals surface area (Å²) in [6.45, 7) is 8.14. The maximum Gasteiger partial charge on any atom is 0.407 e. The zero-order valence-electron chi connectivity index (χ0n) is 12.9. The van der Waals surface area contributed by atoms with Crippen LogP contribution in [0.5, 0.6) is 0 Å². The Morgan fingerprint density at radius 3 is 2.57 bits per heavy atom. The van der Waals surface area contributed by atoms with Crippen LogP contribution < -0.4 is 10.6 Å². The molecule has 118 valence electrons. The molecule has 1 aromatic carbocycles.